The molecular weight excluding hydrogens is 440 g/mol. The van der Waals surface area contributed by atoms with Crippen molar-refractivity contribution in [1.29, 1.82) is 0 Å². The number of nitrogens with one attached hydrogen (secondary N) is 1. The van der Waals surface area contributed by atoms with Crippen molar-refractivity contribution in [1.82, 2.24) is 10.2 Å². The molecule has 1 atom stereocenters. The lowest BCUT2D eigenvalue weighted by Crippen LogP contribution is -2.51. The van der Waals surface area contributed by atoms with Crippen LogP contribution in [0.5, 0.6) is 11.5 Å². The van der Waals surface area contributed by atoms with Crippen LogP contribution >= 0.6 is 11.6 Å². The van der Waals surface area contributed by atoms with Crippen molar-refractivity contribution in [3.05, 3.63) is 58.6 Å². The number of fused-ring (bicyclic) bond motifs is 1. The van der Waals surface area contributed by atoms with Gasteiger partial charge in [-0.2, -0.15) is 0 Å². The maximum Gasteiger partial charge on any atom is 0.243 e. The van der Waals surface area contributed by atoms with Crippen molar-refractivity contribution in [2.75, 3.05) is 6.79 Å². The summed E-state index contributed by atoms with van der Waals surface area (Å²) in [4.78, 5) is 28.3. The van der Waals surface area contributed by atoms with Crippen molar-refractivity contribution >= 4 is 23.4 Å². The first-order chi connectivity index (χ1) is 16.0. The number of carbonyl (C=O) groups excluding carboxylic acids is 2. The molecule has 1 saturated carbocycles. The van der Waals surface area contributed by atoms with Crippen LogP contribution in [0.1, 0.15) is 56.6 Å². The summed E-state index contributed by atoms with van der Waals surface area (Å²) in [5, 5.41) is 3.82. The standard InChI is InChI=1S/C26H31ClN2O4/c1-2-22(26(31)28-21-5-3-4-6-21)29(16-19-7-11-20(27)12-8-19)25(30)14-10-18-9-13-23-24(15-18)33-17-32-23/h7-9,11-13,15,21-22H,2-6,10,14,16-17H2,1H3,(H,28,31)/t22-/m0/s1. The smallest absolute Gasteiger partial charge is 0.243 e. The molecule has 0 radical (unpaired) electrons. The minimum absolute atomic E-state index is 0.0453. The van der Waals surface area contributed by atoms with Gasteiger partial charge in [-0.15, -0.1) is 0 Å². The first-order valence-electron chi connectivity index (χ1n) is 11.8. The summed E-state index contributed by atoms with van der Waals surface area (Å²) in [6.45, 7) is 2.55. The van der Waals surface area contributed by atoms with Gasteiger partial charge in [0.25, 0.3) is 0 Å². The van der Waals surface area contributed by atoms with Gasteiger partial charge >= 0.3 is 0 Å². The van der Waals surface area contributed by atoms with E-state index in [1.165, 1.54) is 0 Å². The second kappa shape index (κ2) is 10.9. The van der Waals surface area contributed by atoms with Gasteiger partial charge in [-0.25, -0.2) is 0 Å². The van der Waals surface area contributed by atoms with Crippen molar-refractivity contribution < 1.29 is 19.1 Å². The van der Waals surface area contributed by atoms with E-state index in [2.05, 4.69) is 5.32 Å². The largest absolute Gasteiger partial charge is 0.454 e. The zero-order chi connectivity index (χ0) is 23.2. The Morgan fingerprint density at radius 2 is 1.76 bits per heavy atom. The van der Waals surface area contributed by atoms with E-state index in [4.69, 9.17) is 21.1 Å². The number of hydrogen-bond donors (Lipinski definition) is 1. The fourth-order valence-corrected chi connectivity index (χ4v) is 4.69. The first-order valence-corrected chi connectivity index (χ1v) is 12.1. The molecule has 6 nitrogen and oxygen atoms in total. The van der Waals surface area contributed by atoms with Gasteiger partial charge in [-0.1, -0.05) is 49.6 Å². The summed E-state index contributed by atoms with van der Waals surface area (Å²) < 4.78 is 10.8. The lowest BCUT2D eigenvalue weighted by Gasteiger charge is -2.31. The van der Waals surface area contributed by atoms with E-state index >= 15 is 0 Å². The quantitative estimate of drug-likeness (QED) is 0.567. The van der Waals surface area contributed by atoms with Gasteiger partial charge in [0.1, 0.15) is 6.04 Å². The summed E-state index contributed by atoms with van der Waals surface area (Å²) in [6.07, 6.45) is 5.74. The number of halogens is 1. The van der Waals surface area contributed by atoms with E-state index in [0.29, 0.717) is 36.6 Å². The van der Waals surface area contributed by atoms with Gasteiger partial charge in [0, 0.05) is 24.0 Å². The second-order valence-corrected chi connectivity index (χ2v) is 9.19. The lowest BCUT2D eigenvalue weighted by molar-refractivity contribution is -0.141. The van der Waals surface area contributed by atoms with Gasteiger partial charge in [0.05, 0.1) is 0 Å². The fraction of sp³-hybridized carbons (Fsp3) is 0.462. The third-order valence-electron chi connectivity index (χ3n) is 6.42. The molecule has 2 aromatic carbocycles. The topological polar surface area (TPSA) is 67.9 Å². The Hall–Kier alpha value is -2.73. The van der Waals surface area contributed by atoms with Gasteiger partial charge in [0.15, 0.2) is 11.5 Å². The molecule has 0 bridgehead atoms. The number of rotatable bonds is 9. The van der Waals surface area contributed by atoms with Crippen LogP contribution in [0.3, 0.4) is 0 Å². The third kappa shape index (κ3) is 5.99. The molecule has 4 rings (SSSR count). The fourth-order valence-electron chi connectivity index (χ4n) is 4.56. The second-order valence-electron chi connectivity index (χ2n) is 8.75. The number of carbonyl (C=O) groups is 2. The van der Waals surface area contributed by atoms with E-state index in [-0.39, 0.29) is 24.6 Å². The highest BCUT2D eigenvalue weighted by Crippen LogP contribution is 2.33. The molecule has 1 fully saturated rings. The molecule has 1 aliphatic heterocycles. The van der Waals surface area contributed by atoms with E-state index in [9.17, 15) is 9.59 Å². The minimum atomic E-state index is -0.509. The van der Waals surface area contributed by atoms with Crippen molar-refractivity contribution in [3.63, 3.8) is 0 Å². The summed E-state index contributed by atoms with van der Waals surface area (Å²) in [6, 6.07) is 12.9. The van der Waals surface area contributed by atoms with Crippen LogP contribution in [-0.2, 0) is 22.6 Å². The van der Waals surface area contributed by atoms with Crippen LogP contribution in [0.4, 0.5) is 0 Å². The first kappa shape index (κ1) is 23.4. The van der Waals surface area contributed by atoms with Crippen LogP contribution in [0.25, 0.3) is 0 Å². The lowest BCUT2D eigenvalue weighted by atomic mass is 10.1. The summed E-state index contributed by atoms with van der Waals surface area (Å²) in [5.41, 5.74) is 1.95. The van der Waals surface area contributed by atoms with Gasteiger partial charge < -0.3 is 19.7 Å². The molecule has 7 heteroatoms. The highest BCUT2D eigenvalue weighted by Gasteiger charge is 2.30. The zero-order valence-corrected chi connectivity index (χ0v) is 19.8. The maximum absolute atomic E-state index is 13.4. The number of aryl methyl sites for hydroxylation is 1. The number of amides is 2. The monoisotopic (exact) mass is 470 g/mol. The average molecular weight is 471 g/mol. The molecule has 1 N–H and O–H groups in total. The number of benzene rings is 2. The number of hydrogen-bond acceptors (Lipinski definition) is 4. The van der Waals surface area contributed by atoms with Crippen molar-refractivity contribution in [2.45, 2.75) is 70.5 Å². The van der Waals surface area contributed by atoms with Crippen LogP contribution in [0.15, 0.2) is 42.5 Å². The Morgan fingerprint density at radius 3 is 2.48 bits per heavy atom. The zero-order valence-electron chi connectivity index (χ0n) is 19.0. The Morgan fingerprint density at radius 1 is 1.06 bits per heavy atom. The third-order valence-corrected chi connectivity index (χ3v) is 6.67. The number of ether oxygens (including phenoxy) is 2. The normalized spacial score (nSPS) is 15.9. The highest BCUT2D eigenvalue weighted by molar-refractivity contribution is 6.30. The molecule has 0 unspecified atom stereocenters. The molecule has 2 aliphatic rings. The molecule has 176 valence electrons. The molecule has 0 saturated heterocycles. The van der Waals surface area contributed by atoms with Crippen LogP contribution < -0.4 is 14.8 Å². The van der Waals surface area contributed by atoms with Crippen LogP contribution in [-0.4, -0.2) is 35.6 Å². The maximum atomic E-state index is 13.4. The summed E-state index contributed by atoms with van der Waals surface area (Å²) in [7, 11) is 0. The van der Waals surface area contributed by atoms with Gasteiger partial charge in [0.2, 0.25) is 18.6 Å². The Bertz CT molecular complexity index is 973. The average Bonchev–Trinajstić information content (AvgIpc) is 3.50. The molecule has 0 spiro atoms. The van der Waals surface area contributed by atoms with Gasteiger partial charge in [-0.3, -0.25) is 9.59 Å². The highest BCUT2D eigenvalue weighted by atomic mass is 35.5. The number of nitrogens with zero attached hydrogens (tertiary/aromatic N) is 1. The molecular formula is C26H31ClN2O4. The predicted molar refractivity (Wildman–Crippen MR) is 127 cm³/mol. The molecule has 1 heterocycles. The Kier molecular flexibility index (Phi) is 7.76. The van der Waals surface area contributed by atoms with Crippen LogP contribution in [0.2, 0.25) is 5.02 Å². The van der Waals surface area contributed by atoms with Crippen LogP contribution in [0, 0.1) is 0 Å². The molecule has 2 aromatic rings. The Balaban J connectivity index is 1.48. The van der Waals surface area contributed by atoms with E-state index < -0.39 is 6.04 Å². The SMILES string of the molecule is CC[C@@H](C(=O)NC1CCCC1)N(Cc1ccc(Cl)cc1)C(=O)CCc1ccc2c(c1)OCO2. The van der Waals surface area contributed by atoms with E-state index in [0.717, 1.165) is 42.6 Å². The predicted octanol–water partition coefficient (Wildman–Crippen LogP) is 4.87. The molecule has 33 heavy (non-hydrogen) atoms. The molecule has 1 aliphatic carbocycles. The van der Waals surface area contributed by atoms with Crippen molar-refractivity contribution in [2.24, 2.45) is 0 Å². The summed E-state index contributed by atoms with van der Waals surface area (Å²) >= 11 is 6.04. The van der Waals surface area contributed by atoms with Gasteiger partial charge in [-0.05, 0) is 61.1 Å². The van der Waals surface area contributed by atoms with E-state index in [1.54, 1.807) is 4.90 Å². The minimum Gasteiger partial charge on any atom is -0.454 e. The molecule has 0 aromatic heterocycles. The molecule has 2 amide bonds. The Labute approximate surface area is 200 Å². The summed E-state index contributed by atoms with van der Waals surface area (Å²) in [5.74, 6) is 1.33. The van der Waals surface area contributed by atoms with E-state index in [1.807, 2.05) is 49.4 Å². The van der Waals surface area contributed by atoms with Crippen molar-refractivity contribution in [3.8, 4) is 11.5 Å².